The number of nitrogens with zero attached hydrogens (tertiary/aromatic N) is 2. The van der Waals surface area contributed by atoms with Gasteiger partial charge in [0.15, 0.2) is 5.69 Å². The molecular weight excluding hydrogens is 310 g/mol. The number of aliphatic carboxylic acids is 1. The summed E-state index contributed by atoms with van der Waals surface area (Å²) >= 11 is 0. The number of carboxylic acids is 1. The van der Waals surface area contributed by atoms with Crippen LogP contribution >= 0.6 is 0 Å². The van der Waals surface area contributed by atoms with Gasteiger partial charge >= 0.3 is 5.97 Å². The quantitative estimate of drug-likeness (QED) is 0.876. The van der Waals surface area contributed by atoms with E-state index in [1.54, 1.807) is 30.3 Å². The first-order valence-electron chi connectivity index (χ1n) is 7.87. The van der Waals surface area contributed by atoms with E-state index in [4.69, 9.17) is 9.84 Å². The lowest BCUT2D eigenvalue weighted by atomic mass is 10.1. The van der Waals surface area contributed by atoms with E-state index in [-0.39, 0.29) is 18.4 Å². The van der Waals surface area contributed by atoms with Crippen LogP contribution in [-0.4, -0.2) is 40.0 Å². The fourth-order valence-electron chi connectivity index (χ4n) is 2.69. The van der Waals surface area contributed by atoms with Crippen LogP contribution in [0.5, 0.6) is 0 Å². The number of aromatic nitrogens is 2. The minimum Gasteiger partial charge on any atom is -0.481 e. The van der Waals surface area contributed by atoms with E-state index in [1.807, 2.05) is 10.9 Å². The molecule has 7 heteroatoms. The molecule has 1 fully saturated rings. The van der Waals surface area contributed by atoms with Gasteiger partial charge in [-0.05, 0) is 36.6 Å². The number of anilines is 1. The van der Waals surface area contributed by atoms with Crippen molar-refractivity contribution >= 4 is 17.6 Å². The Morgan fingerprint density at radius 1 is 1.21 bits per heavy atom. The third kappa shape index (κ3) is 3.99. The Morgan fingerprint density at radius 2 is 1.92 bits per heavy atom. The molecule has 1 saturated heterocycles. The number of hydrogen-bond acceptors (Lipinski definition) is 4. The number of nitrogens with one attached hydrogen (secondary N) is 1. The molecule has 0 bridgehead atoms. The maximum atomic E-state index is 12.3. The van der Waals surface area contributed by atoms with Crippen LogP contribution in [0.1, 0.15) is 34.9 Å². The molecule has 0 aliphatic carbocycles. The van der Waals surface area contributed by atoms with E-state index in [9.17, 15) is 9.59 Å². The molecule has 0 unspecified atom stereocenters. The van der Waals surface area contributed by atoms with Crippen LogP contribution in [0, 0.1) is 0 Å². The lowest BCUT2D eigenvalue weighted by Crippen LogP contribution is -2.21. The smallest absolute Gasteiger partial charge is 0.307 e. The van der Waals surface area contributed by atoms with Crippen molar-refractivity contribution in [3.05, 3.63) is 47.8 Å². The van der Waals surface area contributed by atoms with E-state index in [0.29, 0.717) is 16.9 Å². The lowest BCUT2D eigenvalue weighted by molar-refractivity contribution is -0.136. The predicted octanol–water partition coefficient (Wildman–Crippen LogP) is 2.11. The zero-order chi connectivity index (χ0) is 16.9. The van der Waals surface area contributed by atoms with Crippen LogP contribution < -0.4 is 5.32 Å². The largest absolute Gasteiger partial charge is 0.481 e. The van der Waals surface area contributed by atoms with Crippen molar-refractivity contribution in [2.75, 3.05) is 18.5 Å². The zero-order valence-electron chi connectivity index (χ0n) is 13.1. The number of benzene rings is 1. The van der Waals surface area contributed by atoms with Gasteiger partial charge in [-0.15, -0.1) is 0 Å². The Balaban J connectivity index is 1.62. The summed E-state index contributed by atoms with van der Waals surface area (Å²) in [5.74, 6) is -1.17. The summed E-state index contributed by atoms with van der Waals surface area (Å²) in [4.78, 5) is 22.9. The first kappa shape index (κ1) is 16.2. The first-order chi connectivity index (χ1) is 11.6. The number of carbonyl (C=O) groups is 2. The Labute approximate surface area is 139 Å². The molecule has 1 aromatic carbocycles. The predicted molar refractivity (Wildman–Crippen MR) is 87.1 cm³/mol. The minimum absolute atomic E-state index is 0.0380. The lowest BCUT2D eigenvalue weighted by Gasteiger charge is -2.22. The average Bonchev–Trinajstić information content (AvgIpc) is 3.07. The number of ether oxygens (including phenoxy) is 1. The first-order valence-corrected chi connectivity index (χ1v) is 7.87. The molecule has 0 saturated carbocycles. The van der Waals surface area contributed by atoms with Crippen LogP contribution in [0.2, 0.25) is 0 Å². The fraction of sp³-hybridized carbons (Fsp3) is 0.353. The van der Waals surface area contributed by atoms with E-state index >= 15 is 0 Å². The zero-order valence-corrected chi connectivity index (χ0v) is 13.1. The summed E-state index contributed by atoms with van der Waals surface area (Å²) in [6, 6.07) is 8.71. The molecule has 1 aliphatic rings. The third-order valence-corrected chi connectivity index (χ3v) is 3.97. The van der Waals surface area contributed by atoms with Crippen molar-refractivity contribution in [1.82, 2.24) is 9.78 Å². The number of carbonyl (C=O) groups excluding carboxylic acids is 1. The van der Waals surface area contributed by atoms with Crippen molar-refractivity contribution in [1.29, 1.82) is 0 Å². The third-order valence-electron chi connectivity index (χ3n) is 3.97. The average molecular weight is 329 g/mol. The van der Waals surface area contributed by atoms with Crippen molar-refractivity contribution in [2.24, 2.45) is 0 Å². The summed E-state index contributed by atoms with van der Waals surface area (Å²) < 4.78 is 7.16. The molecule has 2 N–H and O–H groups in total. The maximum absolute atomic E-state index is 12.3. The van der Waals surface area contributed by atoms with Crippen molar-refractivity contribution in [3.63, 3.8) is 0 Å². The second-order valence-electron chi connectivity index (χ2n) is 5.75. The van der Waals surface area contributed by atoms with E-state index in [2.05, 4.69) is 10.4 Å². The molecule has 3 rings (SSSR count). The molecular formula is C17H19N3O4. The molecule has 1 amide bonds. The van der Waals surface area contributed by atoms with Gasteiger partial charge in [-0.1, -0.05) is 12.1 Å². The normalized spacial score (nSPS) is 15.2. The van der Waals surface area contributed by atoms with E-state index in [0.717, 1.165) is 26.1 Å². The van der Waals surface area contributed by atoms with Gasteiger partial charge in [-0.3, -0.25) is 14.3 Å². The second kappa shape index (κ2) is 7.27. The Kier molecular flexibility index (Phi) is 4.90. The molecule has 24 heavy (non-hydrogen) atoms. The fourth-order valence-corrected chi connectivity index (χ4v) is 2.69. The van der Waals surface area contributed by atoms with Crippen LogP contribution in [0.15, 0.2) is 36.5 Å². The molecule has 0 spiro atoms. The highest BCUT2D eigenvalue weighted by Crippen LogP contribution is 2.20. The van der Waals surface area contributed by atoms with Gasteiger partial charge in [0.1, 0.15) is 0 Å². The minimum atomic E-state index is -0.884. The topological polar surface area (TPSA) is 93.5 Å². The van der Waals surface area contributed by atoms with Gasteiger partial charge in [-0.25, -0.2) is 0 Å². The monoisotopic (exact) mass is 329 g/mol. The molecule has 2 heterocycles. The van der Waals surface area contributed by atoms with Gasteiger partial charge in [0, 0.05) is 25.1 Å². The van der Waals surface area contributed by atoms with Crippen molar-refractivity contribution < 1.29 is 19.4 Å². The summed E-state index contributed by atoms with van der Waals surface area (Å²) in [5, 5.41) is 15.9. The Morgan fingerprint density at radius 3 is 2.58 bits per heavy atom. The summed E-state index contributed by atoms with van der Waals surface area (Å²) in [5.41, 5.74) is 1.65. The van der Waals surface area contributed by atoms with Gasteiger partial charge in [-0.2, -0.15) is 5.10 Å². The van der Waals surface area contributed by atoms with Gasteiger partial charge in [0.05, 0.1) is 12.5 Å². The second-order valence-corrected chi connectivity index (χ2v) is 5.75. The highest BCUT2D eigenvalue weighted by Gasteiger charge is 2.18. The number of amides is 1. The van der Waals surface area contributed by atoms with E-state index in [1.165, 1.54) is 0 Å². The van der Waals surface area contributed by atoms with Crippen LogP contribution in [-0.2, 0) is 16.0 Å². The Hall–Kier alpha value is -2.67. The SMILES string of the molecule is O=C(O)Cc1ccc(NC(=O)c2ccn(C3CCOCC3)n2)cc1. The molecule has 2 aromatic rings. The van der Waals surface area contributed by atoms with Gasteiger partial charge in [0.2, 0.25) is 0 Å². The van der Waals surface area contributed by atoms with Crippen molar-refractivity contribution in [3.8, 4) is 0 Å². The molecule has 1 aliphatic heterocycles. The van der Waals surface area contributed by atoms with E-state index < -0.39 is 5.97 Å². The van der Waals surface area contributed by atoms with Gasteiger partial charge in [0.25, 0.3) is 5.91 Å². The molecule has 7 nitrogen and oxygen atoms in total. The summed E-state index contributed by atoms with van der Waals surface area (Å²) in [6.45, 7) is 1.43. The molecule has 1 aromatic heterocycles. The highest BCUT2D eigenvalue weighted by molar-refractivity contribution is 6.02. The molecule has 126 valence electrons. The standard InChI is InChI=1S/C17H19N3O4/c21-16(22)11-12-1-3-13(4-2-12)18-17(23)15-5-8-20(19-15)14-6-9-24-10-7-14/h1-5,8,14H,6-7,9-11H2,(H,18,23)(H,21,22). The summed E-state index contributed by atoms with van der Waals surface area (Å²) in [7, 11) is 0. The number of rotatable bonds is 5. The highest BCUT2D eigenvalue weighted by atomic mass is 16.5. The summed E-state index contributed by atoms with van der Waals surface area (Å²) in [6.07, 6.45) is 3.58. The van der Waals surface area contributed by atoms with Crippen molar-refractivity contribution in [2.45, 2.75) is 25.3 Å². The number of carboxylic acid groups (broad SMARTS) is 1. The van der Waals surface area contributed by atoms with Crippen LogP contribution in [0.3, 0.4) is 0 Å². The van der Waals surface area contributed by atoms with Crippen LogP contribution in [0.4, 0.5) is 5.69 Å². The number of hydrogen-bond donors (Lipinski definition) is 2. The van der Waals surface area contributed by atoms with Crippen LogP contribution in [0.25, 0.3) is 0 Å². The molecule has 0 atom stereocenters. The van der Waals surface area contributed by atoms with Gasteiger partial charge < -0.3 is 15.2 Å². The Bertz CT molecular complexity index is 718. The molecule has 0 radical (unpaired) electrons. The maximum Gasteiger partial charge on any atom is 0.307 e.